The predicted molar refractivity (Wildman–Crippen MR) is 92.5 cm³/mol. The number of benzene rings is 2. The molecule has 0 saturated heterocycles. The smallest absolute Gasteiger partial charge is 0.163 e. The van der Waals surface area contributed by atoms with Crippen LogP contribution in [0, 0.1) is 0 Å². The van der Waals surface area contributed by atoms with Crippen LogP contribution in [0.25, 0.3) is 22.6 Å². The van der Waals surface area contributed by atoms with Crippen molar-refractivity contribution in [3.63, 3.8) is 0 Å². The molecule has 3 aromatic rings. The molecule has 1 heterocycles. The highest BCUT2D eigenvalue weighted by molar-refractivity contribution is 5.91. The van der Waals surface area contributed by atoms with Gasteiger partial charge in [0.2, 0.25) is 0 Å². The Morgan fingerprint density at radius 3 is 2.57 bits per heavy atom. The fourth-order valence-electron chi connectivity index (χ4n) is 3.22. The summed E-state index contributed by atoms with van der Waals surface area (Å²) in [5, 5.41) is 0.806. The molecule has 0 aliphatic heterocycles. The maximum atomic E-state index is 15.9. The number of alkyl halides is 1. The minimum absolute atomic E-state index is 0.567. The minimum Gasteiger partial charge on any atom is -0.456 e. The zero-order chi connectivity index (χ0) is 16.0. The Bertz CT molecular complexity index is 945. The molecule has 0 amide bonds. The van der Waals surface area contributed by atoms with Crippen molar-refractivity contribution in [2.24, 2.45) is 0 Å². The lowest BCUT2D eigenvalue weighted by Crippen LogP contribution is -2.18. The van der Waals surface area contributed by atoms with Gasteiger partial charge in [-0.3, -0.25) is 0 Å². The fourth-order valence-corrected chi connectivity index (χ4v) is 3.22. The van der Waals surface area contributed by atoms with Crippen molar-refractivity contribution in [2.45, 2.75) is 12.6 Å². The van der Waals surface area contributed by atoms with Crippen LogP contribution in [-0.4, -0.2) is 0 Å². The van der Waals surface area contributed by atoms with Crippen molar-refractivity contribution in [3.8, 4) is 0 Å². The van der Waals surface area contributed by atoms with Gasteiger partial charge in [-0.1, -0.05) is 42.5 Å². The third-order valence-corrected chi connectivity index (χ3v) is 4.33. The molecule has 2 N–H and O–H groups in total. The Hall–Kier alpha value is -2.81. The molecule has 1 atom stereocenters. The average molecular weight is 305 g/mol. The van der Waals surface area contributed by atoms with Crippen LogP contribution in [0.1, 0.15) is 23.8 Å². The fraction of sp³-hybridized carbons (Fsp3) is 0.100. The third-order valence-electron chi connectivity index (χ3n) is 4.33. The first-order chi connectivity index (χ1) is 11.1. The second-order valence-corrected chi connectivity index (χ2v) is 5.90. The molecule has 0 spiro atoms. The quantitative estimate of drug-likeness (QED) is 0.619. The van der Waals surface area contributed by atoms with Gasteiger partial charge in [-0.15, -0.1) is 0 Å². The Kier molecular flexibility index (Phi) is 2.91. The van der Waals surface area contributed by atoms with Gasteiger partial charge in [0.1, 0.15) is 11.3 Å². The van der Waals surface area contributed by atoms with Gasteiger partial charge in [0, 0.05) is 22.2 Å². The molecule has 23 heavy (non-hydrogen) atoms. The summed E-state index contributed by atoms with van der Waals surface area (Å²) in [6.07, 6.45) is 5.45. The van der Waals surface area contributed by atoms with Crippen molar-refractivity contribution in [1.29, 1.82) is 0 Å². The summed E-state index contributed by atoms with van der Waals surface area (Å²) in [7, 11) is 0. The van der Waals surface area contributed by atoms with Crippen LogP contribution in [0.2, 0.25) is 0 Å². The summed E-state index contributed by atoms with van der Waals surface area (Å²) >= 11 is 0. The lowest BCUT2D eigenvalue weighted by Gasteiger charge is -2.24. The van der Waals surface area contributed by atoms with Crippen LogP contribution >= 0.6 is 0 Å². The number of hydrogen-bond donors (Lipinski definition) is 1. The summed E-state index contributed by atoms with van der Waals surface area (Å²) in [4.78, 5) is 0. The van der Waals surface area contributed by atoms with E-state index in [1.165, 1.54) is 0 Å². The van der Waals surface area contributed by atoms with Crippen molar-refractivity contribution >= 4 is 28.3 Å². The van der Waals surface area contributed by atoms with Crippen molar-refractivity contribution < 1.29 is 8.81 Å². The number of nitrogen functional groups attached to an aromatic ring is 1. The highest BCUT2D eigenvalue weighted by Crippen LogP contribution is 2.47. The Morgan fingerprint density at radius 2 is 1.78 bits per heavy atom. The highest BCUT2D eigenvalue weighted by atomic mass is 19.1. The van der Waals surface area contributed by atoms with Gasteiger partial charge in [-0.2, -0.15) is 0 Å². The molecule has 0 radical (unpaired) electrons. The van der Waals surface area contributed by atoms with Gasteiger partial charge in [-0.25, -0.2) is 4.39 Å². The maximum absolute atomic E-state index is 15.9. The van der Waals surface area contributed by atoms with E-state index in [0.29, 0.717) is 28.2 Å². The van der Waals surface area contributed by atoms with E-state index in [9.17, 15) is 0 Å². The summed E-state index contributed by atoms with van der Waals surface area (Å²) in [5.41, 5.74) is 7.42. The number of halogens is 1. The van der Waals surface area contributed by atoms with Gasteiger partial charge in [0.05, 0.1) is 0 Å². The first-order valence-corrected chi connectivity index (χ1v) is 7.53. The van der Waals surface area contributed by atoms with Crippen LogP contribution in [0.4, 0.5) is 10.1 Å². The summed E-state index contributed by atoms with van der Waals surface area (Å²) in [5.74, 6) is 0.567. The number of para-hydroxylation sites is 1. The highest BCUT2D eigenvalue weighted by Gasteiger charge is 2.38. The SMILES string of the molecule is CC1(F)C(c2ccc(N)cc2)=CC=Cc2oc3ccccc3c21. The lowest BCUT2D eigenvalue weighted by atomic mass is 9.84. The van der Waals surface area contributed by atoms with E-state index in [1.807, 2.05) is 48.6 Å². The van der Waals surface area contributed by atoms with E-state index in [0.717, 1.165) is 10.9 Å². The van der Waals surface area contributed by atoms with Gasteiger partial charge in [0.25, 0.3) is 0 Å². The van der Waals surface area contributed by atoms with E-state index in [1.54, 1.807) is 25.1 Å². The Balaban J connectivity index is 1.96. The molecule has 2 aromatic carbocycles. The monoisotopic (exact) mass is 305 g/mol. The van der Waals surface area contributed by atoms with E-state index in [2.05, 4.69) is 0 Å². The van der Waals surface area contributed by atoms with Gasteiger partial charge in [0.15, 0.2) is 5.67 Å². The first-order valence-electron chi connectivity index (χ1n) is 7.53. The molecular weight excluding hydrogens is 289 g/mol. The maximum Gasteiger partial charge on any atom is 0.163 e. The molecule has 1 aliphatic carbocycles. The molecule has 0 bridgehead atoms. The number of nitrogens with two attached hydrogens (primary N) is 1. The molecule has 2 nitrogen and oxygen atoms in total. The van der Waals surface area contributed by atoms with Crippen LogP contribution in [-0.2, 0) is 5.67 Å². The van der Waals surface area contributed by atoms with Gasteiger partial charge >= 0.3 is 0 Å². The summed E-state index contributed by atoms with van der Waals surface area (Å²) in [6, 6.07) is 14.8. The number of furan rings is 1. The molecule has 1 aromatic heterocycles. The molecule has 4 rings (SSSR count). The van der Waals surface area contributed by atoms with Gasteiger partial charge < -0.3 is 10.2 Å². The van der Waals surface area contributed by atoms with E-state index in [4.69, 9.17) is 10.2 Å². The normalized spacial score (nSPS) is 20.2. The topological polar surface area (TPSA) is 39.2 Å². The molecule has 0 saturated carbocycles. The van der Waals surface area contributed by atoms with Crippen LogP contribution in [0.15, 0.2) is 65.1 Å². The molecule has 114 valence electrons. The second-order valence-electron chi connectivity index (χ2n) is 5.90. The van der Waals surface area contributed by atoms with E-state index in [-0.39, 0.29) is 0 Å². The number of anilines is 1. The van der Waals surface area contributed by atoms with Crippen molar-refractivity contribution in [2.75, 3.05) is 5.73 Å². The largest absolute Gasteiger partial charge is 0.456 e. The molecule has 1 aliphatic rings. The Morgan fingerprint density at radius 1 is 1.04 bits per heavy atom. The molecule has 1 unspecified atom stereocenters. The Labute approximate surface area is 133 Å². The molecule has 3 heteroatoms. The van der Waals surface area contributed by atoms with Crippen molar-refractivity contribution in [3.05, 3.63) is 77.6 Å². The lowest BCUT2D eigenvalue weighted by molar-refractivity contribution is 0.277. The summed E-state index contributed by atoms with van der Waals surface area (Å²) < 4.78 is 21.8. The van der Waals surface area contributed by atoms with Gasteiger partial charge in [-0.05, 0) is 36.8 Å². The standard InChI is InChI=1S/C20H16FNO/c1-20(21)16(13-9-11-14(22)12-10-13)6-4-8-18-19(20)15-5-2-3-7-17(15)23-18/h2-12H,22H2,1H3. The number of rotatable bonds is 1. The molecule has 0 fully saturated rings. The second kappa shape index (κ2) is 4.85. The average Bonchev–Trinajstić information content (AvgIpc) is 2.85. The zero-order valence-corrected chi connectivity index (χ0v) is 12.7. The zero-order valence-electron chi connectivity index (χ0n) is 12.7. The number of allylic oxidation sites excluding steroid dienone is 3. The summed E-state index contributed by atoms with van der Waals surface area (Å²) in [6.45, 7) is 1.59. The minimum atomic E-state index is -1.67. The van der Waals surface area contributed by atoms with Crippen LogP contribution in [0.5, 0.6) is 0 Å². The van der Waals surface area contributed by atoms with E-state index < -0.39 is 5.67 Å². The van der Waals surface area contributed by atoms with Crippen molar-refractivity contribution in [1.82, 2.24) is 0 Å². The van der Waals surface area contributed by atoms with E-state index >= 15 is 4.39 Å². The number of hydrogen-bond acceptors (Lipinski definition) is 2. The number of fused-ring (bicyclic) bond motifs is 3. The molecular formula is C20H16FNO. The first kappa shape index (κ1) is 13.8. The third kappa shape index (κ3) is 2.08. The predicted octanol–water partition coefficient (Wildman–Crippen LogP) is 5.31. The van der Waals surface area contributed by atoms with Crippen LogP contribution in [0.3, 0.4) is 0 Å². The van der Waals surface area contributed by atoms with Crippen LogP contribution < -0.4 is 5.73 Å².